The highest BCUT2D eigenvalue weighted by Crippen LogP contribution is 2.20. The van der Waals surface area contributed by atoms with E-state index in [0.717, 1.165) is 17.8 Å². The second kappa shape index (κ2) is 7.08. The molecule has 0 aliphatic heterocycles. The summed E-state index contributed by atoms with van der Waals surface area (Å²) in [6.45, 7) is 3.22. The summed E-state index contributed by atoms with van der Waals surface area (Å²) < 4.78 is 0. The number of rotatable bonds is 6. The third-order valence-corrected chi connectivity index (χ3v) is 3.33. The topological polar surface area (TPSA) is 43.7 Å². The second-order valence-electron chi connectivity index (χ2n) is 4.90. The van der Waals surface area contributed by atoms with E-state index >= 15 is 0 Å². The van der Waals surface area contributed by atoms with Gasteiger partial charge < -0.3 is 15.1 Å². The van der Waals surface area contributed by atoms with E-state index in [4.69, 9.17) is 0 Å². The largest absolute Gasteiger partial charge is 0.395 e. The standard InChI is InChI=1S/C17H21NO2/c1-14(20)16-7-9-17(10-8-16)18(11-12-19)13-15-5-3-2-4-6-15/h2-10,14,19-20H,11-13H2,1H3. The third kappa shape index (κ3) is 3.83. The highest BCUT2D eigenvalue weighted by molar-refractivity contribution is 5.48. The van der Waals surface area contributed by atoms with Crippen LogP contribution in [0.1, 0.15) is 24.2 Å². The molecule has 106 valence electrons. The number of aliphatic hydroxyl groups is 2. The summed E-state index contributed by atoms with van der Waals surface area (Å²) >= 11 is 0. The zero-order valence-corrected chi connectivity index (χ0v) is 11.7. The molecular weight excluding hydrogens is 250 g/mol. The van der Waals surface area contributed by atoms with Crippen LogP contribution in [0.4, 0.5) is 5.69 Å². The fourth-order valence-electron chi connectivity index (χ4n) is 2.19. The van der Waals surface area contributed by atoms with Crippen LogP contribution in [0.3, 0.4) is 0 Å². The number of hydrogen-bond donors (Lipinski definition) is 2. The van der Waals surface area contributed by atoms with E-state index in [1.54, 1.807) is 6.92 Å². The molecule has 0 amide bonds. The third-order valence-electron chi connectivity index (χ3n) is 3.33. The SMILES string of the molecule is CC(O)c1ccc(N(CCO)Cc2ccccc2)cc1. The van der Waals surface area contributed by atoms with Crippen molar-refractivity contribution in [2.24, 2.45) is 0 Å². The van der Waals surface area contributed by atoms with Crippen molar-refractivity contribution in [3.05, 3.63) is 65.7 Å². The average molecular weight is 271 g/mol. The van der Waals surface area contributed by atoms with Gasteiger partial charge >= 0.3 is 0 Å². The van der Waals surface area contributed by atoms with Gasteiger partial charge in [-0.15, -0.1) is 0 Å². The summed E-state index contributed by atoms with van der Waals surface area (Å²) in [5.74, 6) is 0. The first-order valence-electron chi connectivity index (χ1n) is 6.88. The van der Waals surface area contributed by atoms with Crippen molar-refractivity contribution in [3.8, 4) is 0 Å². The molecule has 0 fully saturated rings. The van der Waals surface area contributed by atoms with Crippen molar-refractivity contribution in [2.45, 2.75) is 19.6 Å². The summed E-state index contributed by atoms with van der Waals surface area (Å²) in [6.07, 6.45) is -0.454. The van der Waals surface area contributed by atoms with Crippen molar-refractivity contribution in [3.63, 3.8) is 0 Å². The first kappa shape index (κ1) is 14.6. The lowest BCUT2D eigenvalue weighted by Crippen LogP contribution is -2.26. The van der Waals surface area contributed by atoms with Gasteiger partial charge in [0.15, 0.2) is 0 Å². The number of aliphatic hydroxyl groups excluding tert-OH is 2. The van der Waals surface area contributed by atoms with Crippen LogP contribution in [0, 0.1) is 0 Å². The van der Waals surface area contributed by atoms with Gasteiger partial charge in [-0.25, -0.2) is 0 Å². The molecule has 20 heavy (non-hydrogen) atoms. The van der Waals surface area contributed by atoms with Crippen molar-refractivity contribution < 1.29 is 10.2 Å². The monoisotopic (exact) mass is 271 g/mol. The Bertz CT molecular complexity index is 508. The number of nitrogens with zero attached hydrogens (tertiary/aromatic N) is 1. The maximum Gasteiger partial charge on any atom is 0.0761 e. The van der Waals surface area contributed by atoms with E-state index in [-0.39, 0.29) is 6.61 Å². The molecule has 0 saturated carbocycles. The van der Waals surface area contributed by atoms with E-state index in [2.05, 4.69) is 17.0 Å². The van der Waals surface area contributed by atoms with Gasteiger partial charge in [0.1, 0.15) is 0 Å². The van der Waals surface area contributed by atoms with Gasteiger partial charge in [0.05, 0.1) is 12.7 Å². The second-order valence-corrected chi connectivity index (χ2v) is 4.90. The molecule has 0 radical (unpaired) electrons. The number of benzene rings is 2. The Hall–Kier alpha value is -1.84. The van der Waals surface area contributed by atoms with Crippen molar-refractivity contribution >= 4 is 5.69 Å². The molecule has 1 unspecified atom stereocenters. The van der Waals surface area contributed by atoms with Crippen LogP contribution in [0.15, 0.2) is 54.6 Å². The van der Waals surface area contributed by atoms with Gasteiger partial charge in [-0.1, -0.05) is 42.5 Å². The highest BCUT2D eigenvalue weighted by Gasteiger charge is 2.08. The van der Waals surface area contributed by atoms with Crippen molar-refractivity contribution in [1.29, 1.82) is 0 Å². The minimum atomic E-state index is -0.454. The maximum absolute atomic E-state index is 9.54. The molecule has 2 aromatic carbocycles. The lowest BCUT2D eigenvalue weighted by Gasteiger charge is -2.24. The van der Waals surface area contributed by atoms with E-state index < -0.39 is 6.10 Å². The molecule has 0 saturated heterocycles. The van der Waals surface area contributed by atoms with Gasteiger partial charge in [0.2, 0.25) is 0 Å². The zero-order valence-electron chi connectivity index (χ0n) is 11.7. The molecule has 1 atom stereocenters. The normalized spacial score (nSPS) is 12.2. The van der Waals surface area contributed by atoms with Gasteiger partial charge in [-0.05, 0) is 30.2 Å². The smallest absolute Gasteiger partial charge is 0.0761 e. The fraction of sp³-hybridized carbons (Fsp3) is 0.294. The van der Waals surface area contributed by atoms with Crippen LogP contribution in [0.5, 0.6) is 0 Å². The van der Waals surface area contributed by atoms with E-state index in [9.17, 15) is 10.2 Å². The van der Waals surface area contributed by atoms with Gasteiger partial charge in [-0.2, -0.15) is 0 Å². The Morgan fingerprint density at radius 3 is 2.20 bits per heavy atom. The molecule has 3 heteroatoms. The first-order chi connectivity index (χ1) is 9.70. The Morgan fingerprint density at radius 1 is 1.00 bits per heavy atom. The van der Waals surface area contributed by atoms with E-state index in [1.165, 1.54) is 5.56 Å². The minimum absolute atomic E-state index is 0.116. The maximum atomic E-state index is 9.54. The number of anilines is 1. The molecule has 0 heterocycles. The molecule has 3 nitrogen and oxygen atoms in total. The summed E-state index contributed by atoms with van der Waals surface area (Å²) in [5, 5.41) is 18.8. The molecule has 0 aliphatic carbocycles. The van der Waals surface area contributed by atoms with Crippen LogP contribution in [0.2, 0.25) is 0 Å². The number of hydrogen-bond acceptors (Lipinski definition) is 3. The Kier molecular flexibility index (Phi) is 5.16. The van der Waals surface area contributed by atoms with Crippen LogP contribution in [-0.4, -0.2) is 23.4 Å². The van der Waals surface area contributed by atoms with Gasteiger partial charge in [0, 0.05) is 18.8 Å². The Labute approximate surface area is 120 Å². The zero-order chi connectivity index (χ0) is 14.4. The quantitative estimate of drug-likeness (QED) is 0.849. The van der Waals surface area contributed by atoms with Crippen LogP contribution < -0.4 is 4.90 Å². The summed E-state index contributed by atoms with van der Waals surface area (Å²) in [4.78, 5) is 2.13. The van der Waals surface area contributed by atoms with Crippen molar-refractivity contribution in [1.82, 2.24) is 0 Å². The molecule has 2 rings (SSSR count). The lowest BCUT2D eigenvalue weighted by molar-refractivity contribution is 0.199. The summed E-state index contributed by atoms with van der Waals surface area (Å²) in [6, 6.07) is 18.0. The fourth-order valence-corrected chi connectivity index (χ4v) is 2.19. The highest BCUT2D eigenvalue weighted by atomic mass is 16.3. The molecule has 2 N–H and O–H groups in total. The van der Waals surface area contributed by atoms with Crippen LogP contribution >= 0.6 is 0 Å². The van der Waals surface area contributed by atoms with Crippen LogP contribution in [0.25, 0.3) is 0 Å². The van der Waals surface area contributed by atoms with Gasteiger partial charge in [0.25, 0.3) is 0 Å². The molecule has 0 bridgehead atoms. The first-order valence-corrected chi connectivity index (χ1v) is 6.88. The van der Waals surface area contributed by atoms with E-state index in [0.29, 0.717) is 6.54 Å². The van der Waals surface area contributed by atoms with Crippen molar-refractivity contribution in [2.75, 3.05) is 18.1 Å². The van der Waals surface area contributed by atoms with Crippen LogP contribution in [-0.2, 0) is 6.54 Å². The molecule has 0 aliphatic rings. The average Bonchev–Trinajstić information content (AvgIpc) is 2.48. The molecule has 2 aromatic rings. The Morgan fingerprint density at radius 2 is 1.65 bits per heavy atom. The molecular formula is C17H21NO2. The Balaban J connectivity index is 2.15. The summed E-state index contributed by atoms with van der Waals surface area (Å²) in [7, 11) is 0. The van der Waals surface area contributed by atoms with Gasteiger partial charge in [-0.3, -0.25) is 0 Å². The summed E-state index contributed by atoms with van der Waals surface area (Å²) in [5.41, 5.74) is 3.16. The molecule has 0 aromatic heterocycles. The minimum Gasteiger partial charge on any atom is -0.395 e. The predicted octanol–water partition coefficient (Wildman–Crippen LogP) is 2.74. The lowest BCUT2D eigenvalue weighted by atomic mass is 10.1. The van der Waals surface area contributed by atoms with E-state index in [1.807, 2.05) is 42.5 Å². The predicted molar refractivity (Wildman–Crippen MR) is 81.7 cm³/mol. The molecule has 0 spiro atoms.